The summed E-state index contributed by atoms with van der Waals surface area (Å²) in [7, 11) is 0. The molecule has 0 aliphatic carbocycles. The molecular weight excluding hydrogens is 323 g/mol. The van der Waals surface area contributed by atoms with Crippen LogP contribution in [0.1, 0.15) is 13.8 Å². The summed E-state index contributed by atoms with van der Waals surface area (Å²) in [4.78, 5) is 18.5. The van der Waals surface area contributed by atoms with E-state index in [0.717, 1.165) is 0 Å². The Labute approximate surface area is 118 Å². The van der Waals surface area contributed by atoms with Crippen molar-refractivity contribution in [2.45, 2.75) is 19.9 Å². The molecule has 0 aromatic carbocycles. The molecule has 0 aliphatic rings. The van der Waals surface area contributed by atoms with Gasteiger partial charge in [-0.3, -0.25) is 0 Å². The summed E-state index contributed by atoms with van der Waals surface area (Å²) < 4.78 is 0.671. The third-order valence-corrected chi connectivity index (χ3v) is 3.08. The number of halogens is 2. The van der Waals surface area contributed by atoms with Crippen LogP contribution in [0.4, 0.5) is 10.6 Å². The molecule has 1 atom stereocenters. The molecular formula is C10H14BrClN4O2. The molecule has 1 heterocycles. The minimum Gasteiger partial charge on any atom is -0.465 e. The van der Waals surface area contributed by atoms with E-state index in [9.17, 15) is 4.79 Å². The fraction of sp³-hybridized carbons (Fsp3) is 0.500. The summed E-state index contributed by atoms with van der Waals surface area (Å²) in [5.74, 6) is 0.692. The van der Waals surface area contributed by atoms with Gasteiger partial charge in [0.1, 0.15) is 5.82 Å². The molecule has 3 N–H and O–H groups in total. The van der Waals surface area contributed by atoms with Gasteiger partial charge in [-0.15, -0.1) is 0 Å². The van der Waals surface area contributed by atoms with Gasteiger partial charge in [0.15, 0.2) is 0 Å². The average molecular weight is 338 g/mol. The third-order valence-electron chi connectivity index (χ3n) is 2.32. The molecule has 1 amide bonds. The Balaban J connectivity index is 2.66. The lowest BCUT2D eigenvalue weighted by Crippen LogP contribution is -2.42. The second-order valence-corrected chi connectivity index (χ2v) is 5.21. The van der Waals surface area contributed by atoms with E-state index in [0.29, 0.717) is 16.8 Å². The van der Waals surface area contributed by atoms with Crippen LogP contribution in [0.2, 0.25) is 5.28 Å². The lowest BCUT2D eigenvalue weighted by molar-refractivity contribution is 0.187. The quantitative estimate of drug-likeness (QED) is 0.719. The second-order valence-electron chi connectivity index (χ2n) is 4.02. The highest BCUT2D eigenvalue weighted by atomic mass is 79.9. The molecule has 0 spiro atoms. The summed E-state index contributed by atoms with van der Waals surface area (Å²) in [6.45, 7) is 4.28. The topological polar surface area (TPSA) is 87.1 Å². The van der Waals surface area contributed by atoms with E-state index >= 15 is 0 Å². The molecule has 6 nitrogen and oxygen atoms in total. The number of nitrogens with zero attached hydrogens (tertiary/aromatic N) is 2. The van der Waals surface area contributed by atoms with Crippen LogP contribution in [0.15, 0.2) is 10.7 Å². The maximum Gasteiger partial charge on any atom is 0.404 e. The Hall–Kier alpha value is -1.08. The van der Waals surface area contributed by atoms with Crippen molar-refractivity contribution < 1.29 is 9.90 Å². The predicted octanol–water partition coefficient (Wildman–Crippen LogP) is 2.60. The molecule has 0 fully saturated rings. The maximum atomic E-state index is 10.7. The first kappa shape index (κ1) is 15.0. The Morgan fingerprint density at radius 3 is 2.83 bits per heavy atom. The van der Waals surface area contributed by atoms with Crippen molar-refractivity contribution in [3.63, 3.8) is 0 Å². The maximum absolute atomic E-state index is 10.7. The van der Waals surface area contributed by atoms with E-state index in [1.807, 2.05) is 13.8 Å². The first-order valence-corrected chi connectivity index (χ1v) is 6.48. The predicted molar refractivity (Wildman–Crippen MR) is 73.0 cm³/mol. The van der Waals surface area contributed by atoms with Crippen molar-refractivity contribution in [3.05, 3.63) is 16.0 Å². The Bertz CT molecular complexity index is 430. The average Bonchev–Trinajstić information content (AvgIpc) is 2.27. The van der Waals surface area contributed by atoms with E-state index in [4.69, 9.17) is 16.7 Å². The fourth-order valence-electron chi connectivity index (χ4n) is 1.29. The van der Waals surface area contributed by atoms with Gasteiger partial charge in [-0.2, -0.15) is 4.98 Å². The molecule has 0 saturated carbocycles. The number of hydrogen-bond acceptors (Lipinski definition) is 4. The van der Waals surface area contributed by atoms with Crippen LogP contribution < -0.4 is 10.6 Å². The van der Waals surface area contributed by atoms with Gasteiger partial charge in [-0.1, -0.05) is 13.8 Å². The van der Waals surface area contributed by atoms with Crippen molar-refractivity contribution in [2.24, 2.45) is 5.92 Å². The van der Waals surface area contributed by atoms with Gasteiger partial charge in [0.25, 0.3) is 0 Å². The third kappa shape index (κ3) is 4.66. The number of rotatable bonds is 5. The summed E-state index contributed by atoms with van der Waals surface area (Å²) in [6, 6.07) is -0.219. The zero-order valence-electron chi connectivity index (χ0n) is 9.94. The highest BCUT2D eigenvalue weighted by Crippen LogP contribution is 2.20. The van der Waals surface area contributed by atoms with Gasteiger partial charge in [0.2, 0.25) is 5.28 Å². The molecule has 0 radical (unpaired) electrons. The van der Waals surface area contributed by atoms with Gasteiger partial charge in [-0.25, -0.2) is 9.78 Å². The monoisotopic (exact) mass is 336 g/mol. The molecule has 0 aliphatic heterocycles. The van der Waals surface area contributed by atoms with Crippen LogP contribution in [0.5, 0.6) is 0 Å². The second kappa shape index (κ2) is 6.75. The van der Waals surface area contributed by atoms with Crippen LogP contribution in [0, 0.1) is 5.92 Å². The zero-order chi connectivity index (χ0) is 13.7. The van der Waals surface area contributed by atoms with Crippen molar-refractivity contribution in [3.8, 4) is 0 Å². The van der Waals surface area contributed by atoms with E-state index in [1.165, 1.54) is 6.20 Å². The van der Waals surface area contributed by atoms with Crippen molar-refractivity contribution in [1.29, 1.82) is 0 Å². The SMILES string of the molecule is CC(C)C(CNc1nc(Cl)ncc1Br)NC(=O)O. The lowest BCUT2D eigenvalue weighted by atomic mass is 10.0. The largest absolute Gasteiger partial charge is 0.465 e. The van der Waals surface area contributed by atoms with Gasteiger partial charge in [0, 0.05) is 12.7 Å². The molecule has 1 aromatic heterocycles. The number of hydrogen-bond donors (Lipinski definition) is 3. The molecule has 1 unspecified atom stereocenters. The lowest BCUT2D eigenvalue weighted by Gasteiger charge is -2.21. The van der Waals surface area contributed by atoms with E-state index < -0.39 is 6.09 Å². The summed E-state index contributed by atoms with van der Waals surface area (Å²) in [5.41, 5.74) is 0. The highest BCUT2D eigenvalue weighted by Gasteiger charge is 2.16. The number of aromatic nitrogens is 2. The van der Waals surface area contributed by atoms with E-state index in [1.54, 1.807) is 0 Å². The number of nitrogens with one attached hydrogen (secondary N) is 2. The minimum absolute atomic E-state index is 0.132. The van der Waals surface area contributed by atoms with Crippen LogP contribution in [-0.4, -0.2) is 33.8 Å². The van der Waals surface area contributed by atoms with Gasteiger partial charge in [0.05, 0.1) is 10.5 Å². The highest BCUT2D eigenvalue weighted by molar-refractivity contribution is 9.10. The first-order chi connectivity index (χ1) is 8.40. The smallest absolute Gasteiger partial charge is 0.404 e. The summed E-state index contributed by atoms with van der Waals surface area (Å²) in [6.07, 6.45) is 0.488. The molecule has 8 heteroatoms. The van der Waals surface area contributed by atoms with Crippen molar-refractivity contribution in [2.75, 3.05) is 11.9 Å². The molecule has 0 saturated heterocycles. The number of carbonyl (C=O) groups is 1. The summed E-state index contributed by atoms with van der Waals surface area (Å²) >= 11 is 8.97. The van der Waals surface area contributed by atoms with Crippen molar-refractivity contribution in [1.82, 2.24) is 15.3 Å². The Morgan fingerprint density at radius 2 is 2.28 bits per heavy atom. The van der Waals surface area contributed by atoms with Crippen molar-refractivity contribution >= 4 is 39.4 Å². The molecule has 1 aromatic rings. The van der Waals surface area contributed by atoms with Crippen LogP contribution in [-0.2, 0) is 0 Å². The normalized spacial score (nSPS) is 12.3. The Kier molecular flexibility index (Phi) is 5.61. The van der Waals surface area contributed by atoms with Gasteiger partial charge >= 0.3 is 6.09 Å². The molecule has 0 bridgehead atoms. The van der Waals surface area contributed by atoms with Gasteiger partial charge < -0.3 is 15.7 Å². The fourth-order valence-corrected chi connectivity index (χ4v) is 1.75. The van der Waals surface area contributed by atoms with Gasteiger partial charge in [-0.05, 0) is 33.4 Å². The molecule has 100 valence electrons. The Morgan fingerprint density at radius 1 is 1.61 bits per heavy atom. The standard InChI is InChI=1S/C10H14BrClN4O2/c1-5(2)7(15-10(17)18)4-13-8-6(11)3-14-9(12)16-8/h3,5,7,15H,4H2,1-2H3,(H,17,18)(H,13,14,16). The molecule has 1 rings (SSSR count). The zero-order valence-corrected chi connectivity index (χ0v) is 12.3. The van der Waals surface area contributed by atoms with E-state index in [-0.39, 0.29) is 17.2 Å². The number of anilines is 1. The number of amides is 1. The van der Waals surface area contributed by atoms with E-state index in [2.05, 4.69) is 36.5 Å². The number of carboxylic acid groups (broad SMARTS) is 1. The van der Waals surface area contributed by atoms with Crippen LogP contribution in [0.25, 0.3) is 0 Å². The first-order valence-electron chi connectivity index (χ1n) is 5.31. The van der Waals surface area contributed by atoms with Crippen LogP contribution >= 0.6 is 27.5 Å². The minimum atomic E-state index is -1.05. The molecule has 18 heavy (non-hydrogen) atoms. The van der Waals surface area contributed by atoms with Crippen LogP contribution in [0.3, 0.4) is 0 Å². The summed E-state index contributed by atoms with van der Waals surface area (Å²) in [5, 5.41) is 14.3.